The Morgan fingerprint density at radius 1 is 1.25 bits per heavy atom. The van der Waals surface area contributed by atoms with Crippen LogP contribution in [-0.4, -0.2) is 5.91 Å². The van der Waals surface area contributed by atoms with Gasteiger partial charge in [0, 0.05) is 9.35 Å². The summed E-state index contributed by atoms with van der Waals surface area (Å²) in [5.41, 5.74) is 0.695. The third-order valence-electron chi connectivity index (χ3n) is 2.37. The van der Waals surface area contributed by atoms with Crippen molar-refractivity contribution in [2.45, 2.75) is 0 Å². The first-order valence-corrected chi connectivity index (χ1v) is 7.93. The summed E-state index contributed by atoms with van der Waals surface area (Å²) in [7, 11) is 0. The molecule has 0 saturated heterocycles. The fraction of sp³-hybridized carbons (Fsp3) is 0. The molecule has 0 aliphatic carbocycles. The zero-order valence-corrected chi connectivity index (χ0v) is 14.0. The quantitative estimate of drug-likeness (QED) is 0.581. The fourth-order valence-corrected chi connectivity index (χ4v) is 3.20. The van der Waals surface area contributed by atoms with Crippen LogP contribution in [0.3, 0.4) is 0 Å². The lowest BCUT2D eigenvalue weighted by Gasteiger charge is -2.05. The number of para-hydroxylation sites is 1. The molecule has 3 nitrogen and oxygen atoms in total. The summed E-state index contributed by atoms with van der Waals surface area (Å²) in [6, 6.07) is 12.9. The summed E-state index contributed by atoms with van der Waals surface area (Å²) in [6.45, 7) is 0. The lowest BCUT2D eigenvalue weighted by Crippen LogP contribution is -2.13. The average Bonchev–Trinajstić information content (AvgIpc) is 2.84. The maximum atomic E-state index is 12.1. The van der Waals surface area contributed by atoms with E-state index in [0.29, 0.717) is 5.69 Å². The number of amides is 1. The van der Waals surface area contributed by atoms with Crippen LogP contribution < -0.4 is 5.32 Å². The van der Waals surface area contributed by atoms with Gasteiger partial charge in [-0.15, -0.1) is 11.3 Å². The molecule has 0 saturated carbocycles. The van der Waals surface area contributed by atoms with E-state index in [2.05, 4.69) is 37.2 Å². The van der Waals surface area contributed by atoms with Crippen LogP contribution in [0.15, 0.2) is 50.2 Å². The Morgan fingerprint density at radius 2 is 2.00 bits per heavy atom. The minimum Gasteiger partial charge on any atom is -0.320 e. The highest BCUT2D eigenvalue weighted by molar-refractivity contribution is 9.11. The second-order valence-electron chi connectivity index (χ2n) is 3.75. The topological polar surface area (TPSA) is 52.9 Å². The number of halogens is 2. The second kappa shape index (κ2) is 6.84. The van der Waals surface area contributed by atoms with E-state index in [9.17, 15) is 4.79 Å². The summed E-state index contributed by atoms with van der Waals surface area (Å²) >= 11 is 8.15. The number of hydrogen-bond donors (Lipinski definition) is 1. The van der Waals surface area contributed by atoms with Gasteiger partial charge in [0.1, 0.15) is 11.6 Å². The summed E-state index contributed by atoms with van der Waals surface area (Å²) in [4.78, 5) is 12.9. The van der Waals surface area contributed by atoms with Crippen LogP contribution in [0, 0.1) is 11.3 Å². The standard InChI is InChI=1S/C14H8Br2N2OS/c15-11-3-1-2-4-12(11)18-14(19)9(8-17)7-10-5-6-13(16)20-10/h1-7H,(H,18,19)/b9-7+. The van der Waals surface area contributed by atoms with Crippen LogP contribution in [0.25, 0.3) is 6.08 Å². The molecule has 1 aromatic heterocycles. The van der Waals surface area contributed by atoms with Crippen molar-refractivity contribution in [1.29, 1.82) is 5.26 Å². The van der Waals surface area contributed by atoms with Gasteiger partial charge in [0.05, 0.1) is 9.47 Å². The number of hydrogen-bond acceptors (Lipinski definition) is 3. The lowest BCUT2D eigenvalue weighted by atomic mass is 10.2. The molecular formula is C14H8Br2N2OS. The number of nitriles is 1. The molecule has 6 heteroatoms. The predicted molar refractivity (Wildman–Crippen MR) is 88.4 cm³/mol. The minimum atomic E-state index is -0.427. The van der Waals surface area contributed by atoms with E-state index < -0.39 is 5.91 Å². The van der Waals surface area contributed by atoms with E-state index in [0.717, 1.165) is 13.1 Å². The third-order valence-corrected chi connectivity index (χ3v) is 4.63. The Labute approximate surface area is 137 Å². The zero-order valence-electron chi connectivity index (χ0n) is 10.1. The Balaban J connectivity index is 2.21. The molecule has 0 aliphatic heterocycles. The lowest BCUT2D eigenvalue weighted by molar-refractivity contribution is -0.112. The van der Waals surface area contributed by atoms with Crippen molar-refractivity contribution < 1.29 is 4.79 Å². The number of nitrogens with one attached hydrogen (secondary N) is 1. The monoisotopic (exact) mass is 410 g/mol. The number of rotatable bonds is 3. The van der Waals surface area contributed by atoms with Gasteiger partial charge in [-0.05, 0) is 62.2 Å². The SMILES string of the molecule is N#C/C(=C\c1ccc(Br)s1)C(=O)Nc1ccccc1Br. The summed E-state index contributed by atoms with van der Waals surface area (Å²) in [5, 5.41) is 11.8. The summed E-state index contributed by atoms with van der Waals surface area (Å²) in [5.74, 6) is -0.427. The van der Waals surface area contributed by atoms with Gasteiger partial charge < -0.3 is 5.32 Å². The van der Waals surface area contributed by atoms with Gasteiger partial charge in [-0.25, -0.2) is 0 Å². The van der Waals surface area contributed by atoms with E-state index in [1.807, 2.05) is 36.4 Å². The molecule has 1 N–H and O–H groups in total. The van der Waals surface area contributed by atoms with Crippen LogP contribution >= 0.6 is 43.2 Å². The van der Waals surface area contributed by atoms with Gasteiger partial charge in [-0.2, -0.15) is 5.26 Å². The van der Waals surface area contributed by atoms with Gasteiger partial charge in [0.2, 0.25) is 0 Å². The molecule has 0 atom stereocenters. The molecule has 100 valence electrons. The molecule has 0 radical (unpaired) electrons. The molecule has 2 rings (SSSR count). The molecule has 0 unspecified atom stereocenters. The highest BCUT2D eigenvalue weighted by atomic mass is 79.9. The molecule has 0 bridgehead atoms. The number of carbonyl (C=O) groups is 1. The van der Waals surface area contributed by atoms with Crippen molar-refractivity contribution in [2.24, 2.45) is 0 Å². The number of thiophene rings is 1. The zero-order chi connectivity index (χ0) is 14.5. The molecule has 0 aliphatic rings. The molecular weight excluding hydrogens is 404 g/mol. The summed E-state index contributed by atoms with van der Waals surface area (Å²) in [6.07, 6.45) is 1.57. The van der Waals surface area contributed by atoms with Crippen molar-refractivity contribution in [3.63, 3.8) is 0 Å². The maximum Gasteiger partial charge on any atom is 0.266 e. The van der Waals surface area contributed by atoms with Gasteiger partial charge >= 0.3 is 0 Å². The molecule has 0 fully saturated rings. The number of nitrogens with zero attached hydrogens (tertiary/aromatic N) is 1. The Hall–Kier alpha value is -1.42. The van der Waals surface area contributed by atoms with Crippen molar-refractivity contribution >= 4 is 60.9 Å². The number of carbonyl (C=O) groups excluding carboxylic acids is 1. The third kappa shape index (κ3) is 3.79. The maximum absolute atomic E-state index is 12.1. The van der Waals surface area contributed by atoms with Crippen molar-refractivity contribution in [3.05, 3.63) is 55.1 Å². The van der Waals surface area contributed by atoms with E-state index in [1.54, 1.807) is 12.1 Å². The average molecular weight is 412 g/mol. The molecule has 0 spiro atoms. The van der Waals surface area contributed by atoms with Crippen LogP contribution in [0.4, 0.5) is 5.69 Å². The highest BCUT2D eigenvalue weighted by Gasteiger charge is 2.11. The fourth-order valence-electron chi connectivity index (χ4n) is 1.45. The molecule has 1 amide bonds. The Kier molecular flexibility index (Phi) is 5.12. The van der Waals surface area contributed by atoms with Crippen LogP contribution in [0.5, 0.6) is 0 Å². The Bertz CT molecular complexity index is 716. The molecule has 1 aromatic carbocycles. The minimum absolute atomic E-state index is 0.0649. The highest BCUT2D eigenvalue weighted by Crippen LogP contribution is 2.25. The first-order chi connectivity index (χ1) is 9.60. The first-order valence-electron chi connectivity index (χ1n) is 5.53. The molecule has 20 heavy (non-hydrogen) atoms. The van der Waals surface area contributed by atoms with Crippen molar-refractivity contribution in [1.82, 2.24) is 0 Å². The van der Waals surface area contributed by atoms with Crippen LogP contribution in [0.1, 0.15) is 4.88 Å². The predicted octanol–water partition coefficient (Wildman–Crippen LogP) is 4.82. The second-order valence-corrected chi connectivity index (χ2v) is 7.09. The van der Waals surface area contributed by atoms with E-state index in [4.69, 9.17) is 5.26 Å². The van der Waals surface area contributed by atoms with Crippen molar-refractivity contribution in [3.8, 4) is 6.07 Å². The first kappa shape index (κ1) is 15.0. The van der Waals surface area contributed by atoms with Gasteiger partial charge in [0.25, 0.3) is 5.91 Å². The largest absolute Gasteiger partial charge is 0.320 e. The summed E-state index contributed by atoms with van der Waals surface area (Å²) < 4.78 is 1.72. The van der Waals surface area contributed by atoms with Crippen molar-refractivity contribution in [2.75, 3.05) is 5.32 Å². The van der Waals surface area contributed by atoms with E-state index in [-0.39, 0.29) is 5.57 Å². The van der Waals surface area contributed by atoms with Crippen LogP contribution in [0.2, 0.25) is 0 Å². The Morgan fingerprint density at radius 3 is 2.60 bits per heavy atom. The van der Waals surface area contributed by atoms with E-state index in [1.165, 1.54) is 11.3 Å². The van der Waals surface area contributed by atoms with E-state index >= 15 is 0 Å². The normalized spacial score (nSPS) is 10.9. The number of anilines is 1. The molecule has 1 heterocycles. The molecule has 2 aromatic rings. The van der Waals surface area contributed by atoms with Gasteiger partial charge in [-0.3, -0.25) is 4.79 Å². The number of benzene rings is 1. The van der Waals surface area contributed by atoms with Crippen LogP contribution in [-0.2, 0) is 4.79 Å². The smallest absolute Gasteiger partial charge is 0.266 e. The van der Waals surface area contributed by atoms with Gasteiger partial charge in [-0.1, -0.05) is 12.1 Å². The van der Waals surface area contributed by atoms with Gasteiger partial charge in [0.15, 0.2) is 0 Å².